The van der Waals surface area contributed by atoms with Crippen molar-refractivity contribution in [2.45, 2.75) is 13.8 Å². The number of hydrazone groups is 1. The molecule has 0 saturated heterocycles. The second-order valence-electron chi connectivity index (χ2n) is 6.14. The summed E-state index contributed by atoms with van der Waals surface area (Å²) >= 11 is 0. The van der Waals surface area contributed by atoms with Crippen molar-refractivity contribution >= 4 is 17.8 Å². The number of nitrogens with one attached hydrogen (secondary N) is 3. The van der Waals surface area contributed by atoms with Crippen molar-refractivity contribution in [3.8, 4) is 5.69 Å². The van der Waals surface area contributed by atoms with Crippen molar-refractivity contribution in [1.82, 2.24) is 15.2 Å². The summed E-state index contributed by atoms with van der Waals surface area (Å²) in [6, 6.07) is 17.0. The number of aryl methyl sites for hydroxylation is 2. The summed E-state index contributed by atoms with van der Waals surface area (Å²) in [5.74, 6) is -0.302. The van der Waals surface area contributed by atoms with Crippen LogP contribution in [0.15, 0.2) is 64.5 Å². The average molecular weight is 363 g/mol. The fourth-order valence-corrected chi connectivity index (χ4v) is 2.62. The van der Waals surface area contributed by atoms with Crippen LogP contribution in [0.3, 0.4) is 0 Å². The molecule has 3 N–H and O–H groups in total. The number of amides is 1. The first kappa shape index (κ1) is 18.2. The molecular weight excluding hydrogens is 342 g/mol. The number of aromatic nitrogens is 2. The molecule has 0 aliphatic carbocycles. The molecular formula is C20H21N5O2. The summed E-state index contributed by atoms with van der Waals surface area (Å²) in [7, 11) is 0. The molecule has 7 heteroatoms. The van der Waals surface area contributed by atoms with E-state index in [0.717, 1.165) is 16.9 Å². The van der Waals surface area contributed by atoms with Crippen LogP contribution < -0.4 is 16.3 Å². The Hall–Kier alpha value is -3.61. The molecule has 27 heavy (non-hydrogen) atoms. The quantitative estimate of drug-likeness (QED) is 0.464. The molecule has 2 aromatic carbocycles. The summed E-state index contributed by atoms with van der Waals surface area (Å²) in [4.78, 5) is 24.4. The molecule has 7 nitrogen and oxygen atoms in total. The minimum Gasteiger partial charge on any atom is -0.376 e. The van der Waals surface area contributed by atoms with Gasteiger partial charge < -0.3 is 5.32 Å². The summed E-state index contributed by atoms with van der Waals surface area (Å²) in [5.41, 5.74) is 5.96. The summed E-state index contributed by atoms with van der Waals surface area (Å²) in [5, 5.41) is 9.93. The maximum atomic E-state index is 12.5. The fourth-order valence-electron chi connectivity index (χ4n) is 2.62. The third-order valence-corrected chi connectivity index (χ3v) is 3.99. The van der Waals surface area contributed by atoms with Gasteiger partial charge in [-0.25, -0.2) is 10.1 Å². The SMILES string of the molecule is Cc1cccc(NCC(=O)N/N=C/c2c(C)[nH]n(-c3ccccc3)c2=O)c1. The van der Waals surface area contributed by atoms with Gasteiger partial charge in [-0.2, -0.15) is 5.10 Å². The van der Waals surface area contributed by atoms with Crippen LogP contribution in [-0.2, 0) is 4.79 Å². The van der Waals surface area contributed by atoms with Gasteiger partial charge in [-0.3, -0.25) is 14.7 Å². The standard InChI is InChI=1S/C20H21N5O2/c1-14-7-6-8-16(11-14)21-13-19(26)23-22-12-18-15(2)24-25(20(18)27)17-9-4-3-5-10-17/h3-12,21,24H,13H2,1-2H3,(H,23,26)/b22-12+. The summed E-state index contributed by atoms with van der Waals surface area (Å²) in [6.45, 7) is 3.85. The predicted octanol–water partition coefficient (Wildman–Crippen LogP) is 2.34. The number of hydrogen-bond acceptors (Lipinski definition) is 4. The highest BCUT2D eigenvalue weighted by molar-refractivity contribution is 5.84. The first-order valence-corrected chi connectivity index (χ1v) is 8.54. The van der Waals surface area contributed by atoms with E-state index in [9.17, 15) is 9.59 Å². The zero-order valence-electron chi connectivity index (χ0n) is 15.2. The van der Waals surface area contributed by atoms with E-state index in [-0.39, 0.29) is 18.0 Å². The Kier molecular flexibility index (Phi) is 5.51. The highest BCUT2D eigenvalue weighted by Crippen LogP contribution is 2.08. The van der Waals surface area contributed by atoms with Crippen molar-refractivity contribution in [2.75, 3.05) is 11.9 Å². The number of nitrogens with zero attached hydrogens (tertiary/aromatic N) is 2. The molecule has 0 bridgehead atoms. The maximum Gasteiger partial charge on any atom is 0.280 e. The van der Waals surface area contributed by atoms with Crippen LogP contribution in [-0.4, -0.2) is 28.4 Å². The number of carbonyl (C=O) groups is 1. The van der Waals surface area contributed by atoms with Crippen molar-refractivity contribution in [3.05, 3.63) is 81.8 Å². The Morgan fingerprint density at radius 1 is 1.15 bits per heavy atom. The van der Waals surface area contributed by atoms with Gasteiger partial charge in [-0.1, -0.05) is 30.3 Å². The highest BCUT2D eigenvalue weighted by Gasteiger charge is 2.10. The molecule has 0 saturated carbocycles. The van der Waals surface area contributed by atoms with Gasteiger partial charge in [0, 0.05) is 11.4 Å². The lowest BCUT2D eigenvalue weighted by molar-refractivity contribution is -0.119. The van der Waals surface area contributed by atoms with Crippen molar-refractivity contribution in [3.63, 3.8) is 0 Å². The minimum absolute atomic E-state index is 0.0845. The molecule has 0 fully saturated rings. The molecule has 0 radical (unpaired) electrons. The normalized spacial score (nSPS) is 10.9. The first-order chi connectivity index (χ1) is 13.0. The Morgan fingerprint density at radius 2 is 1.93 bits per heavy atom. The van der Waals surface area contributed by atoms with Gasteiger partial charge in [0.25, 0.3) is 11.5 Å². The van der Waals surface area contributed by atoms with Gasteiger partial charge in [0.15, 0.2) is 0 Å². The molecule has 3 aromatic rings. The molecule has 138 valence electrons. The van der Waals surface area contributed by atoms with E-state index < -0.39 is 0 Å². The molecule has 1 amide bonds. The third kappa shape index (κ3) is 4.52. The zero-order chi connectivity index (χ0) is 19.2. The number of H-pyrrole nitrogens is 1. The van der Waals surface area contributed by atoms with E-state index in [1.54, 1.807) is 6.92 Å². The molecule has 1 heterocycles. The predicted molar refractivity (Wildman–Crippen MR) is 107 cm³/mol. The van der Waals surface area contributed by atoms with Gasteiger partial charge in [0.1, 0.15) is 0 Å². The zero-order valence-corrected chi connectivity index (χ0v) is 15.2. The van der Waals surface area contributed by atoms with Crippen molar-refractivity contribution in [1.29, 1.82) is 0 Å². The topological polar surface area (TPSA) is 91.3 Å². The molecule has 0 spiro atoms. The van der Waals surface area contributed by atoms with Crippen molar-refractivity contribution < 1.29 is 4.79 Å². The molecule has 1 aromatic heterocycles. The lowest BCUT2D eigenvalue weighted by Crippen LogP contribution is -2.26. The lowest BCUT2D eigenvalue weighted by Gasteiger charge is -2.05. The van der Waals surface area contributed by atoms with Gasteiger partial charge >= 0.3 is 0 Å². The second-order valence-corrected chi connectivity index (χ2v) is 6.14. The van der Waals surface area contributed by atoms with E-state index in [2.05, 4.69) is 20.9 Å². The highest BCUT2D eigenvalue weighted by atomic mass is 16.2. The number of hydrogen-bond donors (Lipinski definition) is 3. The van der Waals surface area contributed by atoms with Crippen LogP contribution in [0.4, 0.5) is 5.69 Å². The van der Waals surface area contributed by atoms with Crippen LogP contribution in [0.5, 0.6) is 0 Å². The number of rotatable bonds is 6. The van der Waals surface area contributed by atoms with E-state index >= 15 is 0 Å². The van der Waals surface area contributed by atoms with Gasteiger partial charge in [0.05, 0.1) is 24.0 Å². The van der Waals surface area contributed by atoms with Crippen molar-refractivity contribution in [2.24, 2.45) is 5.10 Å². The van der Waals surface area contributed by atoms with Crippen LogP contribution in [0.25, 0.3) is 5.69 Å². The molecule has 3 rings (SSSR count). The second kappa shape index (κ2) is 8.18. The largest absolute Gasteiger partial charge is 0.376 e. The van der Waals surface area contributed by atoms with Crippen LogP contribution in [0, 0.1) is 13.8 Å². The van der Waals surface area contributed by atoms with Crippen LogP contribution in [0.2, 0.25) is 0 Å². The summed E-state index contributed by atoms with van der Waals surface area (Å²) < 4.78 is 1.44. The maximum absolute atomic E-state index is 12.5. The molecule has 0 aliphatic heterocycles. The Morgan fingerprint density at radius 3 is 2.67 bits per heavy atom. The third-order valence-electron chi connectivity index (χ3n) is 3.99. The number of anilines is 1. The lowest BCUT2D eigenvalue weighted by atomic mass is 10.2. The van der Waals surface area contributed by atoms with Gasteiger partial charge in [-0.15, -0.1) is 0 Å². The first-order valence-electron chi connectivity index (χ1n) is 8.54. The van der Waals surface area contributed by atoms with Gasteiger partial charge in [-0.05, 0) is 43.7 Å². The monoisotopic (exact) mass is 363 g/mol. The molecule has 0 unspecified atom stereocenters. The minimum atomic E-state index is -0.302. The Labute approximate surface area is 156 Å². The Balaban J connectivity index is 1.62. The number of benzene rings is 2. The van der Waals surface area contributed by atoms with Crippen LogP contribution in [0.1, 0.15) is 16.8 Å². The van der Waals surface area contributed by atoms with Crippen LogP contribution >= 0.6 is 0 Å². The van der Waals surface area contributed by atoms with E-state index in [1.165, 1.54) is 10.9 Å². The number of carbonyl (C=O) groups excluding carboxylic acids is 1. The molecule has 0 atom stereocenters. The smallest absolute Gasteiger partial charge is 0.280 e. The average Bonchev–Trinajstić information content (AvgIpc) is 2.95. The molecule has 0 aliphatic rings. The number of aromatic amines is 1. The number of para-hydroxylation sites is 1. The van der Waals surface area contributed by atoms with E-state index in [4.69, 9.17) is 0 Å². The Bertz CT molecular complexity index is 1020. The summed E-state index contributed by atoms with van der Waals surface area (Å²) in [6.07, 6.45) is 1.36. The fraction of sp³-hybridized carbons (Fsp3) is 0.150. The van der Waals surface area contributed by atoms with Gasteiger partial charge in [0.2, 0.25) is 0 Å². The van der Waals surface area contributed by atoms with E-state index in [0.29, 0.717) is 11.3 Å². The van der Waals surface area contributed by atoms with E-state index in [1.807, 2.05) is 61.5 Å².